The van der Waals surface area contributed by atoms with E-state index in [9.17, 15) is 0 Å². The van der Waals surface area contributed by atoms with Gasteiger partial charge in [0, 0.05) is 24.6 Å². The lowest BCUT2D eigenvalue weighted by Gasteiger charge is -2.30. The van der Waals surface area contributed by atoms with Gasteiger partial charge in [0.15, 0.2) is 11.5 Å². The molecule has 5 nitrogen and oxygen atoms in total. The Hall–Kier alpha value is -3.44. The molecule has 0 spiro atoms. The first-order chi connectivity index (χ1) is 15.7. The van der Waals surface area contributed by atoms with E-state index in [-0.39, 0.29) is 0 Å². The van der Waals surface area contributed by atoms with Crippen LogP contribution in [-0.2, 0) is 6.54 Å². The quantitative estimate of drug-likeness (QED) is 0.338. The van der Waals surface area contributed by atoms with E-state index >= 15 is 0 Å². The first-order valence-electron chi connectivity index (χ1n) is 11.3. The lowest BCUT2D eigenvalue weighted by molar-refractivity contribution is 0.185. The zero-order valence-corrected chi connectivity index (χ0v) is 18.1. The van der Waals surface area contributed by atoms with Crippen molar-refractivity contribution in [1.29, 1.82) is 0 Å². The summed E-state index contributed by atoms with van der Waals surface area (Å²) in [6.07, 6.45) is 2.22. The molecule has 1 aliphatic rings. The van der Waals surface area contributed by atoms with E-state index in [1.54, 1.807) is 0 Å². The van der Waals surface area contributed by atoms with E-state index in [0.29, 0.717) is 11.8 Å². The normalized spacial score (nSPS) is 17.3. The van der Waals surface area contributed by atoms with Crippen molar-refractivity contribution < 1.29 is 8.83 Å². The second-order valence-electron chi connectivity index (χ2n) is 8.64. The van der Waals surface area contributed by atoms with Gasteiger partial charge >= 0.3 is 0 Å². The number of aromatic nitrogens is 2. The van der Waals surface area contributed by atoms with Gasteiger partial charge in [-0.1, -0.05) is 48.5 Å². The molecule has 0 unspecified atom stereocenters. The molecule has 160 valence electrons. The summed E-state index contributed by atoms with van der Waals surface area (Å²) in [6, 6.07) is 22.6. The van der Waals surface area contributed by atoms with E-state index in [1.807, 2.05) is 31.2 Å². The van der Waals surface area contributed by atoms with Crippen molar-refractivity contribution in [3.63, 3.8) is 0 Å². The molecule has 1 fully saturated rings. The van der Waals surface area contributed by atoms with Crippen LogP contribution in [-0.4, -0.2) is 28.0 Å². The Labute approximate surface area is 186 Å². The second-order valence-corrected chi connectivity index (χ2v) is 8.64. The monoisotopic (exact) mass is 423 g/mol. The number of benzene rings is 3. The zero-order chi connectivity index (χ0) is 21.5. The fourth-order valence-electron chi connectivity index (χ4n) is 4.78. The topological polar surface area (TPSA) is 55.3 Å². The first-order valence-corrected chi connectivity index (χ1v) is 11.3. The van der Waals surface area contributed by atoms with Crippen LogP contribution in [0.25, 0.3) is 33.3 Å². The van der Waals surface area contributed by atoms with Crippen LogP contribution in [0, 0.1) is 6.92 Å². The minimum Gasteiger partial charge on any atom is -0.441 e. The molecule has 0 bridgehead atoms. The number of oxazole rings is 2. The molecule has 1 aliphatic heterocycles. The van der Waals surface area contributed by atoms with Crippen LogP contribution >= 0.6 is 0 Å². The Morgan fingerprint density at radius 2 is 1.78 bits per heavy atom. The highest BCUT2D eigenvalue weighted by molar-refractivity contribution is 5.94. The molecule has 5 heteroatoms. The highest BCUT2D eigenvalue weighted by atomic mass is 16.4. The Morgan fingerprint density at radius 1 is 0.938 bits per heavy atom. The number of hydrogen-bond donors (Lipinski definition) is 0. The summed E-state index contributed by atoms with van der Waals surface area (Å²) in [6.45, 7) is 4.76. The lowest BCUT2D eigenvalue weighted by atomic mass is 9.98. The minimum absolute atomic E-state index is 0.306. The molecule has 5 aromatic rings. The minimum atomic E-state index is 0.306. The van der Waals surface area contributed by atoms with E-state index in [1.165, 1.54) is 5.39 Å². The second kappa shape index (κ2) is 7.92. The third-order valence-electron chi connectivity index (χ3n) is 6.45. The van der Waals surface area contributed by atoms with Crippen LogP contribution in [0.3, 0.4) is 0 Å². The standard InChI is InChI=1S/C27H25N3O2/c1-18-24(29-27(31-18)22-12-6-9-19-8-2-3-11-21(19)22)17-30-15-7-10-20(16-30)26-28-23-13-4-5-14-25(23)32-26/h2-6,8-9,11-14,20H,7,10,15-17H2,1H3/t20-/m0/s1. The number of hydrogen-bond acceptors (Lipinski definition) is 5. The lowest BCUT2D eigenvalue weighted by Crippen LogP contribution is -2.34. The predicted molar refractivity (Wildman–Crippen MR) is 125 cm³/mol. The zero-order valence-electron chi connectivity index (χ0n) is 18.1. The van der Waals surface area contributed by atoms with Crippen LogP contribution in [0.1, 0.15) is 36.1 Å². The number of para-hydroxylation sites is 2. The summed E-state index contributed by atoms with van der Waals surface area (Å²) in [7, 11) is 0. The number of piperidine rings is 1. The number of rotatable bonds is 4. The van der Waals surface area contributed by atoms with Crippen molar-refractivity contribution in [2.45, 2.75) is 32.2 Å². The average Bonchev–Trinajstić information content (AvgIpc) is 3.42. The predicted octanol–water partition coefficient (Wildman–Crippen LogP) is 6.32. The van der Waals surface area contributed by atoms with Crippen molar-refractivity contribution >= 4 is 21.9 Å². The highest BCUT2D eigenvalue weighted by Crippen LogP contribution is 2.32. The molecule has 0 N–H and O–H groups in total. The molecular weight excluding hydrogens is 398 g/mol. The van der Waals surface area contributed by atoms with Gasteiger partial charge in [0.25, 0.3) is 0 Å². The van der Waals surface area contributed by atoms with Gasteiger partial charge in [0.05, 0.1) is 5.69 Å². The first kappa shape index (κ1) is 19.3. The molecule has 2 aromatic heterocycles. The fraction of sp³-hybridized carbons (Fsp3) is 0.259. The van der Waals surface area contributed by atoms with Crippen molar-refractivity contribution in [1.82, 2.24) is 14.9 Å². The third-order valence-corrected chi connectivity index (χ3v) is 6.45. The van der Waals surface area contributed by atoms with Gasteiger partial charge in [0.1, 0.15) is 11.3 Å². The molecule has 32 heavy (non-hydrogen) atoms. The molecule has 0 aliphatic carbocycles. The summed E-state index contributed by atoms with van der Waals surface area (Å²) in [5, 5.41) is 2.36. The maximum absolute atomic E-state index is 6.13. The summed E-state index contributed by atoms with van der Waals surface area (Å²) in [5.41, 5.74) is 3.85. The molecule has 0 amide bonds. The van der Waals surface area contributed by atoms with Crippen LogP contribution in [0.15, 0.2) is 75.6 Å². The van der Waals surface area contributed by atoms with Crippen LogP contribution in [0.5, 0.6) is 0 Å². The van der Waals surface area contributed by atoms with Gasteiger partial charge in [-0.3, -0.25) is 4.90 Å². The van der Waals surface area contributed by atoms with Gasteiger partial charge in [-0.25, -0.2) is 9.97 Å². The Morgan fingerprint density at radius 3 is 2.72 bits per heavy atom. The molecule has 1 atom stereocenters. The molecule has 1 saturated heterocycles. The number of aryl methyl sites for hydroxylation is 1. The molecule has 0 saturated carbocycles. The maximum Gasteiger partial charge on any atom is 0.227 e. The van der Waals surface area contributed by atoms with Gasteiger partial charge in [-0.05, 0) is 55.3 Å². The van der Waals surface area contributed by atoms with Crippen molar-refractivity contribution in [2.24, 2.45) is 0 Å². The summed E-state index contributed by atoms with van der Waals surface area (Å²) < 4.78 is 12.2. The number of likely N-dealkylation sites (tertiary alicyclic amines) is 1. The molecular formula is C27H25N3O2. The third kappa shape index (κ3) is 3.49. The van der Waals surface area contributed by atoms with Gasteiger partial charge < -0.3 is 8.83 Å². The van der Waals surface area contributed by atoms with Crippen molar-refractivity contribution in [2.75, 3.05) is 13.1 Å². The van der Waals surface area contributed by atoms with Gasteiger partial charge in [-0.2, -0.15) is 0 Å². The van der Waals surface area contributed by atoms with Crippen LogP contribution in [0.2, 0.25) is 0 Å². The largest absolute Gasteiger partial charge is 0.441 e. The van der Waals surface area contributed by atoms with E-state index in [0.717, 1.165) is 71.9 Å². The van der Waals surface area contributed by atoms with E-state index < -0.39 is 0 Å². The smallest absolute Gasteiger partial charge is 0.227 e. The van der Waals surface area contributed by atoms with E-state index in [4.69, 9.17) is 18.8 Å². The molecule has 3 aromatic carbocycles. The Kier molecular flexibility index (Phi) is 4.76. The Bertz CT molecular complexity index is 1360. The highest BCUT2D eigenvalue weighted by Gasteiger charge is 2.27. The fourth-order valence-corrected chi connectivity index (χ4v) is 4.78. The molecule has 3 heterocycles. The van der Waals surface area contributed by atoms with Crippen LogP contribution in [0.4, 0.5) is 0 Å². The van der Waals surface area contributed by atoms with Crippen molar-refractivity contribution in [3.8, 4) is 11.5 Å². The number of nitrogens with zero attached hydrogens (tertiary/aromatic N) is 3. The number of fused-ring (bicyclic) bond motifs is 2. The summed E-state index contributed by atoms with van der Waals surface area (Å²) in [5.74, 6) is 2.74. The SMILES string of the molecule is Cc1oc(-c2cccc3ccccc23)nc1CN1CCC[C@H](c2nc3ccccc3o2)C1. The van der Waals surface area contributed by atoms with Gasteiger partial charge in [0.2, 0.25) is 5.89 Å². The summed E-state index contributed by atoms with van der Waals surface area (Å²) >= 11 is 0. The molecule has 6 rings (SSSR count). The summed E-state index contributed by atoms with van der Waals surface area (Å²) in [4.78, 5) is 12.1. The maximum atomic E-state index is 6.13. The average molecular weight is 424 g/mol. The van der Waals surface area contributed by atoms with Crippen LogP contribution < -0.4 is 0 Å². The molecule has 0 radical (unpaired) electrons. The van der Waals surface area contributed by atoms with Gasteiger partial charge in [-0.15, -0.1) is 0 Å². The Balaban J connectivity index is 1.24. The van der Waals surface area contributed by atoms with E-state index in [2.05, 4.69) is 47.4 Å². The van der Waals surface area contributed by atoms with Crippen molar-refractivity contribution in [3.05, 3.63) is 84.1 Å².